The molecule has 0 saturated heterocycles. The fourth-order valence-electron chi connectivity index (χ4n) is 4.13. The van der Waals surface area contributed by atoms with Gasteiger partial charge in [-0.2, -0.15) is 4.98 Å². The van der Waals surface area contributed by atoms with Gasteiger partial charge in [-0.15, -0.1) is 0 Å². The fourth-order valence-corrected chi connectivity index (χ4v) is 4.13. The maximum absolute atomic E-state index is 11.7. The van der Waals surface area contributed by atoms with Crippen molar-refractivity contribution < 1.29 is 4.74 Å². The molecule has 5 rings (SSSR count). The molecule has 0 aliphatic heterocycles. The zero-order valence-corrected chi connectivity index (χ0v) is 16.8. The molecule has 0 aromatic carbocycles. The molecule has 0 bridgehead atoms. The van der Waals surface area contributed by atoms with Crippen LogP contribution in [-0.4, -0.2) is 26.1 Å². The molecule has 148 valence electrons. The Hall–Kier alpha value is -3.02. The third-order valence-electron chi connectivity index (χ3n) is 5.96. The van der Waals surface area contributed by atoms with Crippen LogP contribution in [0.1, 0.15) is 41.5 Å². The van der Waals surface area contributed by atoms with Crippen LogP contribution in [0.3, 0.4) is 0 Å². The molecule has 6 nitrogen and oxygen atoms in total. The van der Waals surface area contributed by atoms with E-state index in [1.54, 1.807) is 36.1 Å². The Balaban J connectivity index is 1.32. The summed E-state index contributed by atoms with van der Waals surface area (Å²) >= 11 is 0. The molecule has 0 N–H and O–H groups in total. The largest absolute Gasteiger partial charge is 0.477 e. The predicted molar refractivity (Wildman–Crippen MR) is 110 cm³/mol. The summed E-state index contributed by atoms with van der Waals surface area (Å²) in [6.45, 7) is 2.46. The molecule has 1 fully saturated rings. The van der Waals surface area contributed by atoms with E-state index in [4.69, 9.17) is 9.72 Å². The summed E-state index contributed by atoms with van der Waals surface area (Å²) in [6, 6.07) is 7.79. The molecule has 0 radical (unpaired) electrons. The Morgan fingerprint density at radius 3 is 2.93 bits per heavy atom. The first-order chi connectivity index (χ1) is 14.1. The van der Waals surface area contributed by atoms with Crippen LogP contribution in [0.2, 0.25) is 0 Å². The zero-order valence-electron chi connectivity index (χ0n) is 16.8. The average Bonchev–Trinajstić information content (AvgIpc) is 3.34. The van der Waals surface area contributed by atoms with Crippen molar-refractivity contribution in [2.24, 2.45) is 13.0 Å². The maximum atomic E-state index is 11.7. The van der Waals surface area contributed by atoms with E-state index < -0.39 is 0 Å². The van der Waals surface area contributed by atoms with Gasteiger partial charge in [0, 0.05) is 54.3 Å². The Morgan fingerprint density at radius 1 is 1.17 bits per heavy atom. The van der Waals surface area contributed by atoms with E-state index in [1.165, 1.54) is 29.8 Å². The van der Waals surface area contributed by atoms with Crippen LogP contribution in [0.15, 0.2) is 41.5 Å². The summed E-state index contributed by atoms with van der Waals surface area (Å²) in [5.74, 6) is 2.18. The van der Waals surface area contributed by atoms with Gasteiger partial charge in [0.25, 0.3) is 0 Å². The van der Waals surface area contributed by atoms with Gasteiger partial charge in [-0.3, -0.25) is 9.78 Å². The van der Waals surface area contributed by atoms with E-state index in [0.717, 1.165) is 24.0 Å². The number of hydrogen-bond donors (Lipinski definition) is 0. The van der Waals surface area contributed by atoms with Gasteiger partial charge in [-0.1, -0.05) is 6.07 Å². The van der Waals surface area contributed by atoms with E-state index in [1.807, 2.05) is 6.92 Å². The van der Waals surface area contributed by atoms with Gasteiger partial charge in [0.05, 0.1) is 12.2 Å². The highest BCUT2D eigenvalue weighted by molar-refractivity contribution is 5.66. The van der Waals surface area contributed by atoms with Crippen molar-refractivity contribution in [3.05, 3.63) is 69.8 Å². The van der Waals surface area contributed by atoms with Crippen LogP contribution < -0.4 is 10.3 Å². The Bertz CT molecular complexity index is 1140. The molecule has 2 atom stereocenters. The van der Waals surface area contributed by atoms with Gasteiger partial charge >= 0.3 is 0 Å². The number of fused-ring (bicyclic) bond motifs is 1. The van der Waals surface area contributed by atoms with Crippen molar-refractivity contribution in [2.75, 3.05) is 6.61 Å². The van der Waals surface area contributed by atoms with E-state index in [9.17, 15) is 4.79 Å². The Labute approximate surface area is 169 Å². The number of hydrogen-bond acceptors (Lipinski definition) is 5. The highest BCUT2D eigenvalue weighted by atomic mass is 16.5. The van der Waals surface area contributed by atoms with Crippen molar-refractivity contribution in [1.29, 1.82) is 0 Å². The normalized spacial score (nSPS) is 19.8. The van der Waals surface area contributed by atoms with Crippen LogP contribution in [0.25, 0.3) is 11.1 Å². The quantitative estimate of drug-likeness (QED) is 0.671. The number of aromatic nitrogens is 4. The molecule has 3 aromatic rings. The first kappa shape index (κ1) is 18.0. The predicted octanol–water partition coefficient (Wildman–Crippen LogP) is 3.22. The number of pyridine rings is 2. The van der Waals surface area contributed by atoms with Crippen molar-refractivity contribution in [3.8, 4) is 17.0 Å². The molecule has 29 heavy (non-hydrogen) atoms. The number of nitrogens with zero attached hydrogens (tertiary/aromatic N) is 4. The van der Waals surface area contributed by atoms with Crippen LogP contribution in [-0.2, 0) is 19.9 Å². The molecule has 3 aromatic heterocycles. The summed E-state index contributed by atoms with van der Waals surface area (Å²) < 4.78 is 7.70. The van der Waals surface area contributed by atoms with Crippen molar-refractivity contribution >= 4 is 0 Å². The number of ether oxygens (including phenoxy) is 1. The second-order valence-electron chi connectivity index (χ2n) is 8.11. The SMILES string of the molecule is Cc1ncc(-c2ccc(=O)n(C)c2)c(OC[C@H]2C[C@@H]2c2ccc3c(n2)CCC3)n1. The minimum Gasteiger partial charge on any atom is -0.477 e. The molecular weight excluding hydrogens is 364 g/mol. The summed E-state index contributed by atoms with van der Waals surface area (Å²) in [5, 5.41) is 0. The smallest absolute Gasteiger partial charge is 0.250 e. The van der Waals surface area contributed by atoms with Gasteiger partial charge < -0.3 is 9.30 Å². The van der Waals surface area contributed by atoms with E-state index in [-0.39, 0.29) is 5.56 Å². The van der Waals surface area contributed by atoms with Crippen molar-refractivity contribution in [3.63, 3.8) is 0 Å². The molecule has 0 unspecified atom stereocenters. The molecule has 2 aliphatic carbocycles. The minimum atomic E-state index is -0.0492. The summed E-state index contributed by atoms with van der Waals surface area (Å²) in [6.07, 6.45) is 8.16. The molecular formula is C23H24N4O2. The lowest BCUT2D eigenvalue weighted by atomic mass is 10.1. The third-order valence-corrected chi connectivity index (χ3v) is 5.96. The zero-order chi connectivity index (χ0) is 20.0. The lowest BCUT2D eigenvalue weighted by Gasteiger charge is -2.12. The Kier molecular flexibility index (Phi) is 4.42. The standard InChI is InChI=1S/C23H24N4O2/c1-14-24-11-19(16-7-9-22(28)27(2)12-16)23(25-14)29-13-17-10-18(17)21-8-6-15-4-3-5-20(15)26-21/h6-9,11-12,17-18H,3-5,10,13H2,1-2H3/t17-,18+/m1/s1. The molecule has 0 spiro atoms. The summed E-state index contributed by atoms with van der Waals surface area (Å²) in [7, 11) is 1.74. The van der Waals surface area contributed by atoms with Gasteiger partial charge in [-0.05, 0) is 50.3 Å². The van der Waals surface area contributed by atoms with Crippen LogP contribution in [0.5, 0.6) is 5.88 Å². The maximum Gasteiger partial charge on any atom is 0.250 e. The van der Waals surface area contributed by atoms with Crippen LogP contribution in [0.4, 0.5) is 0 Å². The molecule has 0 amide bonds. The molecule has 3 heterocycles. The topological polar surface area (TPSA) is 69.9 Å². The number of rotatable bonds is 5. The van der Waals surface area contributed by atoms with E-state index in [2.05, 4.69) is 22.1 Å². The van der Waals surface area contributed by atoms with Gasteiger partial charge in [-0.25, -0.2) is 4.98 Å². The van der Waals surface area contributed by atoms with Gasteiger partial charge in [0.1, 0.15) is 5.82 Å². The lowest BCUT2D eigenvalue weighted by molar-refractivity contribution is 0.285. The average molecular weight is 388 g/mol. The molecule has 6 heteroatoms. The van der Waals surface area contributed by atoms with Gasteiger partial charge in [0.15, 0.2) is 0 Å². The highest BCUT2D eigenvalue weighted by Crippen LogP contribution is 2.47. The minimum absolute atomic E-state index is 0.0492. The first-order valence-corrected chi connectivity index (χ1v) is 10.2. The summed E-state index contributed by atoms with van der Waals surface area (Å²) in [4.78, 5) is 25.4. The number of aryl methyl sites for hydroxylation is 4. The van der Waals surface area contributed by atoms with Crippen LogP contribution in [0, 0.1) is 12.8 Å². The van der Waals surface area contributed by atoms with Crippen molar-refractivity contribution in [2.45, 2.75) is 38.5 Å². The lowest BCUT2D eigenvalue weighted by Crippen LogP contribution is -2.14. The highest BCUT2D eigenvalue weighted by Gasteiger charge is 2.40. The van der Waals surface area contributed by atoms with Gasteiger partial charge in [0.2, 0.25) is 11.4 Å². The monoisotopic (exact) mass is 388 g/mol. The Morgan fingerprint density at radius 2 is 2.07 bits per heavy atom. The molecule has 2 aliphatic rings. The fraction of sp³-hybridized carbons (Fsp3) is 0.391. The second kappa shape index (κ2) is 7.10. The van der Waals surface area contributed by atoms with E-state index >= 15 is 0 Å². The second-order valence-corrected chi connectivity index (χ2v) is 8.11. The third kappa shape index (κ3) is 3.55. The van der Waals surface area contributed by atoms with Crippen molar-refractivity contribution in [1.82, 2.24) is 19.5 Å². The first-order valence-electron chi connectivity index (χ1n) is 10.2. The summed E-state index contributed by atoms with van der Waals surface area (Å²) in [5.41, 5.74) is 5.54. The van der Waals surface area contributed by atoms with Crippen LogP contribution >= 0.6 is 0 Å². The molecule has 1 saturated carbocycles. The van der Waals surface area contributed by atoms with E-state index in [0.29, 0.717) is 30.1 Å².